The fraction of sp³-hybridized carbons (Fsp3) is 0.391. The van der Waals surface area contributed by atoms with E-state index in [4.69, 9.17) is 21.1 Å². The second-order valence-corrected chi connectivity index (χ2v) is 8.35. The van der Waals surface area contributed by atoms with E-state index in [0.717, 1.165) is 11.5 Å². The average molecular weight is 465 g/mol. The van der Waals surface area contributed by atoms with Gasteiger partial charge in [-0.25, -0.2) is 0 Å². The number of rotatable bonds is 12. The maximum absolute atomic E-state index is 13.0. The van der Waals surface area contributed by atoms with E-state index in [1.165, 1.54) is 7.11 Å². The van der Waals surface area contributed by atoms with Crippen molar-refractivity contribution in [1.29, 1.82) is 0 Å². The van der Waals surface area contributed by atoms with Crippen molar-refractivity contribution in [3.63, 3.8) is 0 Å². The van der Waals surface area contributed by atoms with Crippen molar-refractivity contribution in [2.45, 2.75) is 18.9 Å². The van der Waals surface area contributed by atoms with Crippen LogP contribution in [0.25, 0.3) is 0 Å². The molecule has 2 aromatic rings. The predicted octanol–water partition coefficient (Wildman–Crippen LogP) is 4.13. The van der Waals surface area contributed by atoms with Crippen LogP contribution in [0.5, 0.6) is 11.5 Å². The molecule has 0 aliphatic rings. The van der Waals surface area contributed by atoms with Crippen molar-refractivity contribution in [2.24, 2.45) is 0 Å². The molecule has 2 aromatic carbocycles. The van der Waals surface area contributed by atoms with E-state index in [2.05, 4.69) is 5.32 Å². The third kappa shape index (κ3) is 7.99. The number of carbonyl (C=O) groups excluding carboxylic acids is 2. The van der Waals surface area contributed by atoms with Crippen molar-refractivity contribution in [3.8, 4) is 11.5 Å². The molecule has 0 aromatic heterocycles. The van der Waals surface area contributed by atoms with E-state index < -0.39 is 6.04 Å². The number of hydrogen-bond donors (Lipinski definition) is 1. The molecule has 0 saturated heterocycles. The molecule has 1 unspecified atom stereocenters. The summed E-state index contributed by atoms with van der Waals surface area (Å²) < 4.78 is 10.9. The fourth-order valence-electron chi connectivity index (χ4n) is 2.96. The quantitative estimate of drug-likeness (QED) is 0.478. The number of ether oxygens (including phenoxy) is 2. The Kier molecular flexibility index (Phi) is 10.5. The molecule has 0 fully saturated rings. The molecule has 1 N–H and O–H groups in total. The lowest BCUT2D eigenvalue weighted by atomic mass is 10.1. The highest BCUT2D eigenvalue weighted by Crippen LogP contribution is 2.18. The highest BCUT2D eigenvalue weighted by molar-refractivity contribution is 7.98. The average Bonchev–Trinajstić information content (AvgIpc) is 2.79. The molecule has 0 aliphatic carbocycles. The Hall–Kier alpha value is -2.38. The molecular weight excluding hydrogens is 436 g/mol. The lowest BCUT2D eigenvalue weighted by molar-refractivity contribution is -0.132. The van der Waals surface area contributed by atoms with Gasteiger partial charge in [-0.15, -0.1) is 0 Å². The number of thioether (sulfide) groups is 1. The van der Waals surface area contributed by atoms with Crippen molar-refractivity contribution >= 4 is 35.2 Å². The highest BCUT2D eigenvalue weighted by Gasteiger charge is 2.25. The minimum Gasteiger partial charge on any atom is -0.496 e. The van der Waals surface area contributed by atoms with Crippen LogP contribution in [-0.2, 0) is 4.79 Å². The lowest BCUT2D eigenvalue weighted by Gasteiger charge is -2.25. The number of amides is 2. The molecule has 6 nitrogen and oxygen atoms in total. The molecule has 0 heterocycles. The zero-order valence-corrected chi connectivity index (χ0v) is 19.7. The normalized spacial score (nSPS) is 11.5. The number of methoxy groups -OCH3 is 1. The highest BCUT2D eigenvalue weighted by atomic mass is 35.5. The molecule has 0 saturated carbocycles. The zero-order valence-electron chi connectivity index (χ0n) is 18.1. The van der Waals surface area contributed by atoms with Crippen molar-refractivity contribution in [1.82, 2.24) is 10.2 Å². The zero-order chi connectivity index (χ0) is 22.6. The topological polar surface area (TPSA) is 67.9 Å². The Bertz CT molecular complexity index is 848. The van der Waals surface area contributed by atoms with Crippen LogP contribution in [0.1, 0.15) is 23.2 Å². The predicted molar refractivity (Wildman–Crippen MR) is 126 cm³/mol. The number of carbonyl (C=O) groups is 2. The number of likely N-dealkylation sites (N-methyl/N-ethyl adjacent to an activating group) is 1. The molecule has 1 atom stereocenters. The van der Waals surface area contributed by atoms with Gasteiger partial charge >= 0.3 is 0 Å². The van der Waals surface area contributed by atoms with Gasteiger partial charge in [-0.05, 0) is 61.2 Å². The van der Waals surface area contributed by atoms with E-state index in [-0.39, 0.29) is 11.8 Å². The second kappa shape index (κ2) is 13.1. The first kappa shape index (κ1) is 24.9. The van der Waals surface area contributed by atoms with Gasteiger partial charge < -0.3 is 19.7 Å². The van der Waals surface area contributed by atoms with Crippen molar-refractivity contribution in [2.75, 3.05) is 39.3 Å². The second-order valence-electron chi connectivity index (χ2n) is 6.92. The summed E-state index contributed by atoms with van der Waals surface area (Å²) in [5, 5.41) is 3.53. The summed E-state index contributed by atoms with van der Waals surface area (Å²) in [6.07, 6.45) is 3.19. The van der Waals surface area contributed by atoms with Crippen LogP contribution in [0, 0.1) is 0 Å². The number of para-hydroxylation sites is 1. The Morgan fingerprint density at radius 2 is 1.87 bits per heavy atom. The summed E-state index contributed by atoms with van der Waals surface area (Å²) in [4.78, 5) is 27.4. The number of halogens is 1. The van der Waals surface area contributed by atoms with Crippen LogP contribution in [0.2, 0.25) is 5.02 Å². The van der Waals surface area contributed by atoms with Crippen molar-refractivity contribution in [3.05, 3.63) is 59.1 Å². The third-order valence-electron chi connectivity index (χ3n) is 4.66. The van der Waals surface area contributed by atoms with Gasteiger partial charge in [0, 0.05) is 18.6 Å². The summed E-state index contributed by atoms with van der Waals surface area (Å²) in [5.74, 6) is 1.53. The smallest absolute Gasteiger partial charge is 0.255 e. The fourth-order valence-corrected chi connectivity index (χ4v) is 3.56. The molecule has 8 heteroatoms. The van der Waals surface area contributed by atoms with E-state index in [1.807, 2.05) is 18.4 Å². The van der Waals surface area contributed by atoms with E-state index >= 15 is 0 Å². The van der Waals surface area contributed by atoms with Gasteiger partial charge in [-0.3, -0.25) is 9.59 Å². The summed E-state index contributed by atoms with van der Waals surface area (Å²) in [5.41, 5.74) is 0.408. The first-order chi connectivity index (χ1) is 15.0. The number of hydrogen-bond acceptors (Lipinski definition) is 5. The maximum atomic E-state index is 13.0. The summed E-state index contributed by atoms with van der Waals surface area (Å²) in [6.45, 7) is 0.995. The minimum absolute atomic E-state index is 0.121. The van der Waals surface area contributed by atoms with Gasteiger partial charge in [-0.2, -0.15) is 11.8 Å². The first-order valence-corrected chi connectivity index (χ1v) is 11.8. The van der Waals surface area contributed by atoms with Gasteiger partial charge in [0.1, 0.15) is 17.5 Å². The molecule has 31 heavy (non-hydrogen) atoms. The molecule has 2 rings (SSSR count). The molecule has 0 radical (unpaired) electrons. The standard InChI is InChI=1S/C23H29ClN2O4S/c1-26(14-6-15-30-18-11-9-17(24)10-12-18)23(28)20(13-16-31-3)25-22(27)19-7-4-5-8-21(19)29-2/h4-5,7-12,20H,6,13-16H2,1-3H3,(H,25,27). The van der Waals surface area contributed by atoms with Gasteiger partial charge in [0.25, 0.3) is 5.91 Å². The van der Waals surface area contributed by atoms with Gasteiger partial charge in [0.05, 0.1) is 19.3 Å². The summed E-state index contributed by atoms with van der Waals surface area (Å²) in [7, 11) is 3.26. The molecular formula is C23H29ClN2O4S. The monoisotopic (exact) mass is 464 g/mol. The van der Waals surface area contributed by atoms with E-state index in [0.29, 0.717) is 42.3 Å². The van der Waals surface area contributed by atoms with Crippen LogP contribution < -0.4 is 14.8 Å². The van der Waals surface area contributed by atoms with E-state index in [9.17, 15) is 9.59 Å². The van der Waals surface area contributed by atoms with Gasteiger partial charge in [0.2, 0.25) is 5.91 Å². The van der Waals surface area contributed by atoms with Crippen molar-refractivity contribution < 1.29 is 19.1 Å². The minimum atomic E-state index is -0.605. The molecule has 168 valence electrons. The summed E-state index contributed by atoms with van der Waals surface area (Å²) in [6, 6.07) is 13.5. The third-order valence-corrected chi connectivity index (χ3v) is 5.56. The Morgan fingerprint density at radius 3 is 2.55 bits per heavy atom. The van der Waals surface area contributed by atoms with Gasteiger partial charge in [-0.1, -0.05) is 23.7 Å². The van der Waals surface area contributed by atoms with E-state index in [1.54, 1.807) is 60.1 Å². The van der Waals surface area contributed by atoms with Crippen LogP contribution in [-0.4, -0.2) is 62.1 Å². The van der Waals surface area contributed by atoms with Crippen LogP contribution in [0.3, 0.4) is 0 Å². The molecule has 2 amide bonds. The molecule has 0 spiro atoms. The number of benzene rings is 2. The summed E-state index contributed by atoms with van der Waals surface area (Å²) >= 11 is 7.50. The van der Waals surface area contributed by atoms with Crippen LogP contribution >= 0.6 is 23.4 Å². The SMILES string of the molecule is COc1ccccc1C(=O)NC(CCSC)C(=O)N(C)CCCOc1ccc(Cl)cc1. The Balaban J connectivity index is 1.91. The maximum Gasteiger partial charge on any atom is 0.255 e. The van der Waals surface area contributed by atoms with Crippen LogP contribution in [0.15, 0.2) is 48.5 Å². The Labute approximate surface area is 193 Å². The first-order valence-electron chi connectivity index (χ1n) is 10.0. The van der Waals surface area contributed by atoms with Crippen LogP contribution in [0.4, 0.5) is 0 Å². The molecule has 0 aliphatic heterocycles. The van der Waals surface area contributed by atoms with Gasteiger partial charge in [0.15, 0.2) is 0 Å². The lowest BCUT2D eigenvalue weighted by Crippen LogP contribution is -2.48. The molecule has 0 bridgehead atoms. The number of nitrogens with zero attached hydrogens (tertiary/aromatic N) is 1. The number of nitrogens with one attached hydrogen (secondary N) is 1. The Morgan fingerprint density at radius 1 is 1.16 bits per heavy atom. The largest absolute Gasteiger partial charge is 0.496 e.